The lowest BCUT2D eigenvalue weighted by Crippen LogP contribution is -2.27. The fourth-order valence-electron chi connectivity index (χ4n) is 3.26. The van der Waals surface area contributed by atoms with Gasteiger partial charge in [0.25, 0.3) is 5.56 Å². The molecular formula is C18H23N3O3. The average Bonchev–Trinajstić information content (AvgIpc) is 2.94. The highest BCUT2D eigenvalue weighted by Gasteiger charge is 2.32. The van der Waals surface area contributed by atoms with Crippen molar-refractivity contribution in [2.75, 3.05) is 13.7 Å². The zero-order chi connectivity index (χ0) is 17.1. The van der Waals surface area contributed by atoms with E-state index in [1.54, 1.807) is 7.11 Å². The van der Waals surface area contributed by atoms with E-state index in [0.717, 1.165) is 23.4 Å². The summed E-state index contributed by atoms with van der Waals surface area (Å²) in [6.45, 7) is 3.04. The van der Waals surface area contributed by atoms with Crippen molar-refractivity contribution in [3.8, 4) is 5.75 Å². The van der Waals surface area contributed by atoms with Gasteiger partial charge in [-0.05, 0) is 30.5 Å². The molecule has 6 nitrogen and oxygen atoms in total. The molecule has 1 fully saturated rings. The number of aromatic amines is 1. The van der Waals surface area contributed by atoms with E-state index < -0.39 is 0 Å². The van der Waals surface area contributed by atoms with Gasteiger partial charge in [0.15, 0.2) is 0 Å². The van der Waals surface area contributed by atoms with Crippen LogP contribution in [0.3, 0.4) is 0 Å². The molecule has 2 N–H and O–H groups in total. The van der Waals surface area contributed by atoms with Crippen LogP contribution in [0.15, 0.2) is 35.1 Å². The summed E-state index contributed by atoms with van der Waals surface area (Å²) in [6.07, 6.45) is 0.992. The third kappa shape index (κ3) is 3.66. The number of nitrogens with zero attached hydrogens (tertiary/aromatic N) is 2. The molecule has 0 saturated carbocycles. The predicted octanol–water partition coefficient (Wildman–Crippen LogP) is 1.65. The highest BCUT2D eigenvalue weighted by Crippen LogP contribution is 2.34. The van der Waals surface area contributed by atoms with Gasteiger partial charge in [-0.15, -0.1) is 0 Å². The minimum Gasteiger partial charge on any atom is -0.497 e. The number of rotatable bonds is 5. The molecule has 128 valence electrons. The number of nitrogens with one attached hydrogen (secondary N) is 1. The monoisotopic (exact) mass is 329 g/mol. The summed E-state index contributed by atoms with van der Waals surface area (Å²) in [7, 11) is 1.64. The van der Waals surface area contributed by atoms with Gasteiger partial charge in [-0.3, -0.25) is 9.69 Å². The number of ether oxygens (including phenoxy) is 1. The third-order valence-corrected chi connectivity index (χ3v) is 4.42. The van der Waals surface area contributed by atoms with Crippen LogP contribution in [-0.2, 0) is 13.0 Å². The van der Waals surface area contributed by atoms with Crippen molar-refractivity contribution in [3.63, 3.8) is 0 Å². The molecule has 2 heterocycles. The summed E-state index contributed by atoms with van der Waals surface area (Å²) in [5.41, 5.74) is 1.75. The summed E-state index contributed by atoms with van der Waals surface area (Å²) in [5.74, 6) is 1.44. The lowest BCUT2D eigenvalue weighted by molar-refractivity contribution is 0.171. The molecule has 3 rings (SSSR count). The van der Waals surface area contributed by atoms with Gasteiger partial charge < -0.3 is 14.8 Å². The van der Waals surface area contributed by atoms with Crippen LogP contribution in [0.4, 0.5) is 0 Å². The Bertz CT molecular complexity index is 759. The SMILES string of the molecule is CCc1cc(=O)[nH]c(CN2C[C@@H](O)C[C@H]2c2cccc(OC)c2)n1. The molecule has 0 bridgehead atoms. The fraction of sp³-hybridized carbons (Fsp3) is 0.444. The summed E-state index contributed by atoms with van der Waals surface area (Å²) < 4.78 is 5.30. The van der Waals surface area contributed by atoms with Crippen molar-refractivity contribution < 1.29 is 9.84 Å². The quantitative estimate of drug-likeness (QED) is 0.872. The zero-order valence-electron chi connectivity index (χ0n) is 14.0. The second kappa shape index (κ2) is 7.15. The van der Waals surface area contributed by atoms with E-state index in [2.05, 4.69) is 14.9 Å². The average molecular weight is 329 g/mol. The highest BCUT2D eigenvalue weighted by molar-refractivity contribution is 5.31. The molecular weight excluding hydrogens is 306 g/mol. The predicted molar refractivity (Wildman–Crippen MR) is 91.0 cm³/mol. The van der Waals surface area contributed by atoms with Crippen LogP contribution < -0.4 is 10.3 Å². The molecule has 0 unspecified atom stereocenters. The minimum atomic E-state index is -0.387. The Morgan fingerprint density at radius 1 is 1.42 bits per heavy atom. The summed E-state index contributed by atoms with van der Waals surface area (Å²) in [4.78, 5) is 21.2. The number of methoxy groups -OCH3 is 1. The molecule has 1 aromatic heterocycles. The molecule has 1 aliphatic rings. The smallest absolute Gasteiger partial charge is 0.251 e. The molecule has 1 saturated heterocycles. The molecule has 24 heavy (non-hydrogen) atoms. The lowest BCUT2D eigenvalue weighted by atomic mass is 10.0. The van der Waals surface area contributed by atoms with Crippen LogP contribution in [-0.4, -0.2) is 39.7 Å². The molecule has 0 aliphatic carbocycles. The molecule has 1 aromatic carbocycles. The molecule has 0 amide bonds. The number of hydrogen-bond donors (Lipinski definition) is 2. The van der Waals surface area contributed by atoms with E-state index in [-0.39, 0.29) is 17.7 Å². The van der Waals surface area contributed by atoms with E-state index in [1.165, 1.54) is 6.07 Å². The molecule has 0 radical (unpaired) electrons. The molecule has 2 atom stereocenters. The van der Waals surface area contributed by atoms with Crippen molar-refractivity contribution in [1.82, 2.24) is 14.9 Å². The molecule has 1 aliphatic heterocycles. The number of benzene rings is 1. The normalized spacial score (nSPS) is 21.1. The van der Waals surface area contributed by atoms with E-state index in [4.69, 9.17) is 4.74 Å². The maximum Gasteiger partial charge on any atom is 0.251 e. The van der Waals surface area contributed by atoms with Crippen LogP contribution in [0, 0.1) is 0 Å². The summed E-state index contributed by atoms with van der Waals surface area (Å²) in [6, 6.07) is 9.50. The largest absolute Gasteiger partial charge is 0.497 e. The zero-order valence-corrected chi connectivity index (χ0v) is 14.0. The Balaban J connectivity index is 1.85. The minimum absolute atomic E-state index is 0.0747. The van der Waals surface area contributed by atoms with Gasteiger partial charge in [0, 0.05) is 24.3 Å². The number of aryl methyl sites for hydroxylation is 1. The second-order valence-corrected chi connectivity index (χ2v) is 6.15. The summed E-state index contributed by atoms with van der Waals surface area (Å²) >= 11 is 0. The topological polar surface area (TPSA) is 78.5 Å². The van der Waals surface area contributed by atoms with Gasteiger partial charge in [-0.1, -0.05) is 19.1 Å². The van der Waals surface area contributed by atoms with Crippen LogP contribution >= 0.6 is 0 Å². The Morgan fingerprint density at radius 3 is 3.00 bits per heavy atom. The first kappa shape index (κ1) is 16.7. The second-order valence-electron chi connectivity index (χ2n) is 6.15. The van der Waals surface area contributed by atoms with E-state index >= 15 is 0 Å². The van der Waals surface area contributed by atoms with Crippen molar-refractivity contribution in [2.24, 2.45) is 0 Å². The van der Waals surface area contributed by atoms with Crippen LogP contribution in [0.2, 0.25) is 0 Å². The summed E-state index contributed by atoms with van der Waals surface area (Å²) in [5, 5.41) is 10.1. The number of aromatic nitrogens is 2. The van der Waals surface area contributed by atoms with Crippen LogP contribution in [0.1, 0.15) is 36.5 Å². The van der Waals surface area contributed by atoms with E-state index in [1.807, 2.05) is 31.2 Å². The Kier molecular flexibility index (Phi) is 4.97. The standard InChI is InChI=1S/C18H23N3O3/c1-3-13-8-18(23)20-17(19-13)11-21-10-14(22)9-16(21)12-5-4-6-15(7-12)24-2/h4-8,14,16,22H,3,9-11H2,1-2H3,(H,19,20,23)/t14-,16-/m0/s1. The third-order valence-electron chi connectivity index (χ3n) is 4.42. The van der Waals surface area contributed by atoms with Gasteiger partial charge in [0.2, 0.25) is 0 Å². The van der Waals surface area contributed by atoms with Gasteiger partial charge in [-0.2, -0.15) is 0 Å². The Hall–Kier alpha value is -2.18. The highest BCUT2D eigenvalue weighted by atomic mass is 16.5. The van der Waals surface area contributed by atoms with Crippen molar-refractivity contribution in [3.05, 3.63) is 57.8 Å². The van der Waals surface area contributed by atoms with E-state index in [9.17, 15) is 9.90 Å². The van der Waals surface area contributed by atoms with Gasteiger partial charge in [0.1, 0.15) is 11.6 Å². The maximum absolute atomic E-state index is 11.8. The first-order valence-corrected chi connectivity index (χ1v) is 8.24. The van der Waals surface area contributed by atoms with Crippen molar-refractivity contribution in [2.45, 2.75) is 38.5 Å². The van der Waals surface area contributed by atoms with Crippen LogP contribution in [0.5, 0.6) is 5.75 Å². The Morgan fingerprint density at radius 2 is 2.25 bits per heavy atom. The van der Waals surface area contributed by atoms with Gasteiger partial charge in [-0.25, -0.2) is 4.98 Å². The first-order chi connectivity index (χ1) is 11.6. The van der Waals surface area contributed by atoms with E-state index in [0.29, 0.717) is 25.3 Å². The van der Waals surface area contributed by atoms with Crippen LogP contribution in [0.25, 0.3) is 0 Å². The number of likely N-dealkylation sites (tertiary alicyclic amines) is 1. The number of hydrogen-bond acceptors (Lipinski definition) is 5. The van der Waals surface area contributed by atoms with Gasteiger partial charge in [0.05, 0.1) is 19.8 Å². The molecule has 2 aromatic rings. The number of β-amino-alcohol motifs (C(OH)–C–C–N with tert-alkyl or cyclic N) is 1. The van der Waals surface area contributed by atoms with Crippen molar-refractivity contribution >= 4 is 0 Å². The molecule has 6 heteroatoms. The number of H-pyrrole nitrogens is 1. The van der Waals surface area contributed by atoms with Gasteiger partial charge >= 0.3 is 0 Å². The number of aliphatic hydroxyl groups is 1. The first-order valence-electron chi connectivity index (χ1n) is 8.24. The Labute approximate surface area is 141 Å². The molecule has 0 spiro atoms. The maximum atomic E-state index is 11.8. The van der Waals surface area contributed by atoms with Crippen molar-refractivity contribution in [1.29, 1.82) is 0 Å². The fourth-order valence-corrected chi connectivity index (χ4v) is 3.26. The lowest BCUT2D eigenvalue weighted by Gasteiger charge is -2.24. The number of aliphatic hydroxyl groups excluding tert-OH is 1.